The van der Waals surface area contributed by atoms with E-state index in [-0.39, 0.29) is 0 Å². The number of halogens is 2. The molecule has 3 heterocycles. The van der Waals surface area contributed by atoms with E-state index in [0.717, 1.165) is 76.0 Å². The van der Waals surface area contributed by atoms with Gasteiger partial charge in [0.25, 0.3) is 0 Å². The zero-order valence-corrected chi connectivity index (χ0v) is 20.7. The minimum atomic E-state index is 0.670. The van der Waals surface area contributed by atoms with Crippen LogP contribution in [0.3, 0.4) is 0 Å². The lowest BCUT2D eigenvalue weighted by atomic mass is 10.1. The molecule has 0 saturated carbocycles. The first-order valence-corrected chi connectivity index (χ1v) is 12.5. The summed E-state index contributed by atoms with van der Waals surface area (Å²) in [6.07, 6.45) is 0.982. The number of nitrogens with zero attached hydrogens (tertiary/aromatic N) is 1. The van der Waals surface area contributed by atoms with Gasteiger partial charge in [-0.15, -0.1) is 0 Å². The number of aromatic amines is 2. The van der Waals surface area contributed by atoms with Crippen molar-refractivity contribution in [1.82, 2.24) is 14.9 Å². The lowest BCUT2D eigenvalue weighted by Gasteiger charge is -2.26. The van der Waals surface area contributed by atoms with Gasteiger partial charge in [-0.2, -0.15) is 0 Å². The van der Waals surface area contributed by atoms with Crippen LogP contribution in [0.15, 0.2) is 51.4 Å². The monoisotopic (exact) mass is 555 g/mol. The van der Waals surface area contributed by atoms with E-state index in [1.807, 2.05) is 0 Å². The second kappa shape index (κ2) is 8.37. The van der Waals surface area contributed by atoms with Crippen LogP contribution >= 0.6 is 31.9 Å². The summed E-state index contributed by atoms with van der Waals surface area (Å²) < 4.78 is 14.1. The first kappa shape index (κ1) is 20.5. The fourth-order valence-electron chi connectivity index (χ4n) is 4.73. The van der Waals surface area contributed by atoms with E-state index in [1.165, 1.54) is 21.5 Å². The number of aromatic nitrogens is 2. The molecule has 1 saturated heterocycles. The zero-order valence-electron chi connectivity index (χ0n) is 17.5. The number of rotatable bonds is 5. The van der Waals surface area contributed by atoms with Crippen molar-refractivity contribution in [2.24, 2.45) is 0 Å². The predicted molar refractivity (Wildman–Crippen MR) is 138 cm³/mol. The highest BCUT2D eigenvalue weighted by Gasteiger charge is 2.18. The van der Waals surface area contributed by atoms with Crippen LogP contribution in [0, 0.1) is 0 Å². The second-order valence-corrected chi connectivity index (χ2v) is 10.2. The molecule has 7 heteroatoms. The molecule has 5 nitrogen and oxygen atoms in total. The van der Waals surface area contributed by atoms with Crippen LogP contribution in [0.4, 0.5) is 0 Å². The molecular weight excluding hydrogens is 534 g/mol. The molecule has 0 radical (unpaired) electrons. The van der Waals surface area contributed by atoms with Crippen molar-refractivity contribution < 1.29 is 9.47 Å². The number of H-pyrrole nitrogens is 2. The Kier molecular flexibility index (Phi) is 5.38. The highest BCUT2D eigenvalue weighted by atomic mass is 79.9. The molecule has 0 bridgehead atoms. The molecule has 164 valence electrons. The fraction of sp³-hybridized carbons (Fsp3) is 0.280. The molecule has 5 aromatic rings. The Hall–Kier alpha value is -2.06. The Morgan fingerprint density at radius 2 is 1.41 bits per heavy atom. The maximum absolute atomic E-state index is 6.50. The number of hydrogen-bond acceptors (Lipinski definition) is 3. The van der Waals surface area contributed by atoms with Crippen LogP contribution in [0.25, 0.3) is 43.6 Å². The quantitative estimate of drug-likeness (QED) is 0.240. The number of ether oxygens (including phenoxy) is 2. The first-order valence-electron chi connectivity index (χ1n) is 11.0. The normalized spacial score (nSPS) is 15.4. The van der Waals surface area contributed by atoms with Crippen LogP contribution in [0.2, 0.25) is 0 Å². The maximum Gasteiger partial charge on any atom is 0.167 e. The van der Waals surface area contributed by atoms with Gasteiger partial charge in [-0.3, -0.25) is 4.90 Å². The van der Waals surface area contributed by atoms with E-state index < -0.39 is 0 Å². The number of benzene rings is 3. The third-order valence-electron chi connectivity index (χ3n) is 6.31. The van der Waals surface area contributed by atoms with E-state index in [0.29, 0.717) is 6.61 Å². The van der Waals surface area contributed by atoms with Gasteiger partial charge in [0.2, 0.25) is 0 Å². The molecule has 1 fully saturated rings. The van der Waals surface area contributed by atoms with Crippen LogP contribution in [-0.4, -0.2) is 54.3 Å². The van der Waals surface area contributed by atoms with Gasteiger partial charge in [0.1, 0.15) is 0 Å². The van der Waals surface area contributed by atoms with Crippen molar-refractivity contribution in [2.45, 2.75) is 6.42 Å². The molecule has 0 amide bonds. The molecule has 0 spiro atoms. The van der Waals surface area contributed by atoms with Crippen molar-refractivity contribution >= 4 is 75.5 Å². The third kappa shape index (κ3) is 3.61. The minimum Gasteiger partial charge on any atom is -0.489 e. The topological polar surface area (TPSA) is 53.3 Å². The molecule has 2 N–H and O–H groups in total. The number of nitrogens with one attached hydrogen (secondary N) is 2. The minimum absolute atomic E-state index is 0.670. The number of morpholine rings is 1. The van der Waals surface area contributed by atoms with Crippen LogP contribution in [0.5, 0.6) is 5.75 Å². The Bertz CT molecular complexity index is 1360. The summed E-state index contributed by atoms with van der Waals surface area (Å²) >= 11 is 7.26. The molecule has 0 atom stereocenters. The average molecular weight is 557 g/mol. The third-order valence-corrected chi connectivity index (χ3v) is 7.30. The summed E-state index contributed by atoms with van der Waals surface area (Å²) in [4.78, 5) is 9.67. The number of hydrogen-bond donors (Lipinski definition) is 2. The Balaban J connectivity index is 1.45. The molecule has 32 heavy (non-hydrogen) atoms. The van der Waals surface area contributed by atoms with E-state index in [2.05, 4.69) is 89.2 Å². The Labute approximate surface area is 202 Å². The van der Waals surface area contributed by atoms with Gasteiger partial charge < -0.3 is 19.4 Å². The van der Waals surface area contributed by atoms with Crippen LogP contribution in [-0.2, 0) is 4.74 Å². The Morgan fingerprint density at radius 1 is 0.812 bits per heavy atom. The summed E-state index contributed by atoms with van der Waals surface area (Å²) in [6.45, 7) is 5.37. The van der Waals surface area contributed by atoms with Gasteiger partial charge in [-0.05, 0) is 48.9 Å². The van der Waals surface area contributed by atoms with Crippen molar-refractivity contribution in [1.29, 1.82) is 0 Å². The zero-order chi connectivity index (χ0) is 21.7. The van der Waals surface area contributed by atoms with Crippen molar-refractivity contribution in [3.8, 4) is 5.75 Å². The smallest absolute Gasteiger partial charge is 0.167 e. The van der Waals surface area contributed by atoms with Gasteiger partial charge in [-0.1, -0.05) is 31.9 Å². The van der Waals surface area contributed by atoms with E-state index >= 15 is 0 Å². The summed E-state index contributed by atoms with van der Waals surface area (Å²) in [6, 6.07) is 15.0. The van der Waals surface area contributed by atoms with E-state index in [9.17, 15) is 0 Å². The van der Waals surface area contributed by atoms with Crippen LogP contribution in [0.1, 0.15) is 6.42 Å². The number of fused-ring (bicyclic) bond motifs is 6. The van der Waals surface area contributed by atoms with Crippen LogP contribution < -0.4 is 4.74 Å². The summed E-state index contributed by atoms with van der Waals surface area (Å²) in [5.74, 6) is 0.902. The van der Waals surface area contributed by atoms with E-state index in [4.69, 9.17) is 9.47 Å². The molecule has 1 aliphatic heterocycles. The van der Waals surface area contributed by atoms with Crippen molar-refractivity contribution in [3.63, 3.8) is 0 Å². The highest BCUT2D eigenvalue weighted by molar-refractivity contribution is 9.10. The summed E-state index contributed by atoms with van der Waals surface area (Å²) in [5.41, 5.74) is 4.31. The van der Waals surface area contributed by atoms with Gasteiger partial charge in [-0.25, -0.2) is 0 Å². The maximum atomic E-state index is 6.50. The molecule has 0 aliphatic carbocycles. The molecule has 0 unspecified atom stereocenters. The van der Waals surface area contributed by atoms with Crippen molar-refractivity contribution in [3.05, 3.63) is 51.4 Å². The lowest BCUT2D eigenvalue weighted by molar-refractivity contribution is 0.0358. The highest BCUT2D eigenvalue weighted by Crippen LogP contribution is 2.41. The van der Waals surface area contributed by atoms with Gasteiger partial charge in [0.05, 0.1) is 30.9 Å². The predicted octanol–water partition coefficient (Wildman–Crippen LogP) is 6.58. The lowest BCUT2D eigenvalue weighted by Crippen LogP contribution is -2.37. The second-order valence-electron chi connectivity index (χ2n) is 8.34. The molecule has 3 aromatic carbocycles. The standard InChI is InChI=1S/C25H23Br2N3O2/c26-15-2-4-21-17(12-15)19-14-20-18-13-16(27)3-5-22(18)29-24(20)25(23(19)28-21)32-9-1-6-30-7-10-31-11-8-30/h2-5,12-14,28-29H,1,6-11H2. The fourth-order valence-corrected chi connectivity index (χ4v) is 5.45. The van der Waals surface area contributed by atoms with Gasteiger partial charge in [0, 0.05) is 61.2 Å². The van der Waals surface area contributed by atoms with E-state index in [1.54, 1.807) is 0 Å². The largest absolute Gasteiger partial charge is 0.489 e. The summed E-state index contributed by atoms with van der Waals surface area (Å²) in [5, 5.41) is 4.74. The first-order chi connectivity index (χ1) is 15.7. The molecular formula is C25H23Br2N3O2. The summed E-state index contributed by atoms with van der Waals surface area (Å²) in [7, 11) is 0. The average Bonchev–Trinajstić information content (AvgIpc) is 3.34. The molecule has 6 rings (SSSR count). The Morgan fingerprint density at radius 3 is 2.00 bits per heavy atom. The van der Waals surface area contributed by atoms with Gasteiger partial charge >= 0.3 is 0 Å². The molecule has 2 aromatic heterocycles. The SMILES string of the molecule is Brc1ccc2[nH]c3c(OCCCN4CCOCC4)c4[nH]c5ccc(Br)cc5c4cc3c2c1. The van der Waals surface area contributed by atoms with Gasteiger partial charge in [0.15, 0.2) is 5.75 Å². The van der Waals surface area contributed by atoms with Crippen molar-refractivity contribution in [2.75, 3.05) is 39.5 Å². The molecule has 1 aliphatic rings.